The van der Waals surface area contributed by atoms with Crippen LogP contribution in [0.1, 0.15) is 0 Å². The third kappa shape index (κ3) is 2.81. The van der Waals surface area contributed by atoms with Gasteiger partial charge in [0.1, 0.15) is 18.1 Å². The SMILES string of the molecule is N#C/C(=C/O)C(=O)Nc1ccc(F)cc1. The van der Waals surface area contributed by atoms with Crippen molar-refractivity contribution in [2.24, 2.45) is 0 Å². The molecule has 0 aromatic heterocycles. The summed E-state index contributed by atoms with van der Waals surface area (Å²) >= 11 is 0. The van der Waals surface area contributed by atoms with Gasteiger partial charge in [-0.25, -0.2) is 4.39 Å². The van der Waals surface area contributed by atoms with Crippen molar-refractivity contribution in [2.75, 3.05) is 5.32 Å². The fourth-order valence-corrected chi connectivity index (χ4v) is 0.870. The molecule has 0 radical (unpaired) electrons. The van der Waals surface area contributed by atoms with Crippen LogP contribution in [0, 0.1) is 17.1 Å². The van der Waals surface area contributed by atoms with E-state index in [1.165, 1.54) is 30.3 Å². The van der Waals surface area contributed by atoms with E-state index in [0.29, 0.717) is 11.9 Å². The summed E-state index contributed by atoms with van der Waals surface area (Å²) in [6.45, 7) is 0. The highest BCUT2D eigenvalue weighted by Crippen LogP contribution is 2.09. The maximum atomic E-state index is 12.5. The monoisotopic (exact) mass is 206 g/mol. The van der Waals surface area contributed by atoms with E-state index in [1.807, 2.05) is 0 Å². The maximum Gasteiger partial charge on any atom is 0.269 e. The lowest BCUT2D eigenvalue weighted by Gasteiger charge is -2.02. The molecule has 0 aliphatic heterocycles. The van der Waals surface area contributed by atoms with Gasteiger partial charge in [-0.3, -0.25) is 4.79 Å². The van der Waals surface area contributed by atoms with Gasteiger partial charge in [0, 0.05) is 5.69 Å². The number of anilines is 1. The quantitative estimate of drug-likeness (QED) is 0.439. The Morgan fingerprint density at radius 3 is 2.53 bits per heavy atom. The second-order valence-corrected chi connectivity index (χ2v) is 2.62. The predicted octanol–water partition coefficient (Wildman–Crippen LogP) is 1.73. The zero-order chi connectivity index (χ0) is 11.3. The third-order valence-corrected chi connectivity index (χ3v) is 1.60. The summed E-state index contributed by atoms with van der Waals surface area (Å²) < 4.78 is 12.5. The lowest BCUT2D eigenvalue weighted by molar-refractivity contribution is -0.112. The van der Waals surface area contributed by atoms with E-state index in [9.17, 15) is 9.18 Å². The number of carbonyl (C=O) groups excluding carboxylic acids is 1. The first-order valence-corrected chi connectivity index (χ1v) is 3.98. The normalized spacial score (nSPS) is 10.5. The van der Waals surface area contributed by atoms with Crippen molar-refractivity contribution in [3.63, 3.8) is 0 Å². The first-order valence-electron chi connectivity index (χ1n) is 3.98. The van der Waals surface area contributed by atoms with E-state index in [1.54, 1.807) is 0 Å². The summed E-state index contributed by atoms with van der Waals surface area (Å²) in [4.78, 5) is 11.2. The number of carbonyl (C=O) groups is 1. The molecule has 4 nitrogen and oxygen atoms in total. The van der Waals surface area contributed by atoms with Crippen molar-refractivity contribution in [1.29, 1.82) is 5.26 Å². The van der Waals surface area contributed by atoms with Crippen LogP contribution < -0.4 is 5.32 Å². The molecule has 1 amide bonds. The van der Waals surface area contributed by atoms with Gasteiger partial charge < -0.3 is 10.4 Å². The Kier molecular flexibility index (Phi) is 3.41. The van der Waals surface area contributed by atoms with Crippen LogP contribution in [0.5, 0.6) is 0 Å². The number of benzene rings is 1. The minimum absolute atomic E-state index is 0.344. The van der Waals surface area contributed by atoms with Crippen LogP contribution in [0.2, 0.25) is 0 Å². The van der Waals surface area contributed by atoms with Crippen LogP contribution in [-0.4, -0.2) is 11.0 Å². The van der Waals surface area contributed by atoms with Gasteiger partial charge in [-0.05, 0) is 24.3 Å². The molecule has 2 N–H and O–H groups in total. The second-order valence-electron chi connectivity index (χ2n) is 2.62. The van der Waals surface area contributed by atoms with Crippen LogP contribution in [0.3, 0.4) is 0 Å². The van der Waals surface area contributed by atoms with E-state index in [-0.39, 0.29) is 0 Å². The molecular formula is C10H7FN2O2. The number of nitrogens with one attached hydrogen (secondary N) is 1. The molecule has 1 aromatic rings. The van der Waals surface area contributed by atoms with Crippen LogP contribution >= 0.6 is 0 Å². The van der Waals surface area contributed by atoms with E-state index >= 15 is 0 Å². The highest BCUT2D eigenvalue weighted by molar-refractivity contribution is 6.06. The van der Waals surface area contributed by atoms with Crippen molar-refractivity contribution in [3.8, 4) is 6.07 Å². The third-order valence-electron chi connectivity index (χ3n) is 1.60. The number of nitriles is 1. The fraction of sp³-hybridized carbons (Fsp3) is 0. The van der Waals surface area contributed by atoms with Crippen molar-refractivity contribution in [3.05, 3.63) is 41.9 Å². The molecule has 1 aromatic carbocycles. The number of hydrogen-bond donors (Lipinski definition) is 2. The fourth-order valence-electron chi connectivity index (χ4n) is 0.870. The standard InChI is InChI=1S/C10H7FN2O2/c11-8-1-3-9(4-2-8)13-10(15)7(5-12)6-14/h1-4,6,14H,(H,13,15)/b7-6-. The topological polar surface area (TPSA) is 73.1 Å². The number of nitrogens with zero attached hydrogens (tertiary/aromatic N) is 1. The second kappa shape index (κ2) is 4.77. The Bertz CT molecular complexity index is 432. The summed E-state index contributed by atoms with van der Waals surface area (Å²) in [7, 11) is 0. The largest absolute Gasteiger partial charge is 0.514 e. The predicted molar refractivity (Wildman–Crippen MR) is 51.4 cm³/mol. The Morgan fingerprint density at radius 1 is 1.47 bits per heavy atom. The molecular weight excluding hydrogens is 199 g/mol. The highest BCUT2D eigenvalue weighted by atomic mass is 19.1. The van der Waals surface area contributed by atoms with Gasteiger partial charge in [0.05, 0.1) is 0 Å². The molecule has 0 saturated carbocycles. The van der Waals surface area contributed by atoms with Gasteiger partial charge in [-0.2, -0.15) is 5.26 Å². The van der Waals surface area contributed by atoms with E-state index in [4.69, 9.17) is 10.4 Å². The zero-order valence-electron chi connectivity index (χ0n) is 7.57. The summed E-state index contributed by atoms with van der Waals surface area (Å²) in [5.74, 6) is -1.17. The highest BCUT2D eigenvalue weighted by Gasteiger charge is 2.08. The molecule has 1 rings (SSSR count). The van der Waals surface area contributed by atoms with Crippen LogP contribution in [0.25, 0.3) is 0 Å². The van der Waals surface area contributed by atoms with Crippen LogP contribution in [0.4, 0.5) is 10.1 Å². The molecule has 0 fully saturated rings. The van der Waals surface area contributed by atoms with E-state index < -0.39 is 17.3 Å². The number of aliphatic hydroxyl groups is 1. The molecule has 5 heteroatoms. The molecule has 0 aliphatic carbocycles. The maximum absolute atomic E-state index is 12.5. The van der Waals surface area contributed by atoms with Gasteiger partial charge >= 0.3 is 0 Å². The minimum Gasteiger partial charge on any atom is -0.514 e. The molecule has 0 atom stereocenters. The number of hydrogen-bond acceptors (Lipinski definition) is 3. The summed E-state index contributed by atoms with van der Waals surface area (Å²) in [5, 5.41) is 19.2. The molecule has 15 heavy (non-hydrogen) atoms. The van der Waals surface area contributed by atoms with Gasteiger partial charge in [-0.15, -0.1) is 0 Å². The average molecular weight is 206 g/mol. The van der Waals surface area contributed by atoms with Crippen molar-refractivity contribution < 1.29 is 14.3 Å². The van der Waals surface area contributed by atoms with E-state index in [0.717, 1.165) is 0 Å². The average Bonchev–Trinajstić information content (AvgIpc) is 2.23. The van der Waals surface area contributed by atoms with Crippen molar-refractivity contribution >= 4 is 11.6 Å². The summed E-state index contributed by atoms with van der Waals surface area (Å²) in [5.41, 5.74) is -0.0738. The van der Waals surface area contributed by atoms with Gasteiger partial charge in [0.2, 0.25) is 0 Å². The molecule has 0 saturated heterocycles. The number of halogens is 1. The lowest BCUT2D eigenvalue weighted by atomic mass is 10.2. The minimum atomic E-state index is -0.744. The number of amides is 1. The first kappa shape index (κ1) is 10.7. The molecule has 0 unspecified atom stereocenters. The van der Waals surface area contributed by atoms with Gasteiger partial charge in [0.25, 0.3) is 5.91 Å². The molecule has 0 bridgehead atoms. The van der Waals surface area contributed by atoms with Crippen LogP contribution in [0.15, 0.2) is 36.1 Å². The Morgan fingerprint density at radius 2 is 2.07 bits per heavy atom. The number of aliphatic hydroxyl groups excluding tert-OH is 1. The lowest BCUT2D eigenvalue weighted by Crippen LogP contribution is -2.13. The van der Waals surface area contributed by atoms with Crippen molar-refractivity contribution in [1.82, 2.24) is 0 Å². The van der Waals surface area contributed by atoms with Gasteiger partial charge in [0.15, 0.2) is 5.57 Å². The van der Waals surface area contributed by atoms with E-state index in [2.05, 4.69) is 5.32 Å². The Hall–Kier alpha value is -2.35. The Balaban J connectivity index is 2.76. The molecule has 0 aliphatic rings. The molecule has 76 valence electrons. The van der Waals surface area contributed by atoms with Crippen molar-refractivity contribution in [2.45, 2.75) is 0 Å². The van der Waals surface area contributed by atoms with Gasteiger partial charge in [-0.1, -0.05) is 0 Å². The summed E-state index contributed by atoms with van der Waals surface area (Å²) in [6, 6.07) is 6.54. The van der Waals surface area contributed by atoms with Crippen LogP contribution in [-0.2, 0) is 4.79 Å². The Labute approximate surface area is 85.3 Å². The number of rotatable bonds is 2. The smallest absolute Gasteiger partial charge is 0.269 e. The molecule has 0 heterocycles. The zero-order valence-corrected chi connectivity index (χ0v) is 7.57. The molecule has 0 spiro atoms. The first-order chi connectivity index (χ1) is 7.17. The summed E-state index contributed by atoms with van der Waals surface area (Å²) in [6.07, 6.45) is 0.416.